The molecule has 3 aromatic rings. The minimum absolute atomic E-state index is 0.255. The van der Waals surface area contributed by atoms with Gasteiger partial charge in [0.1, 0.15) is 17.3 Å². The average Bonchev–Trinajstić information content (AvgIpc) is 2.67. The van der Waals surface area contributed by atoms with Gasteiger partial charge in [0.25, 0.3) is 5.91 Å². The molecule has 3 rings (SSSR count). The van der Waals surface area contributed by atoms with Crippen molar-refractivity contribution in [3.63, 3.8) is 0 Å². The summed E-state index contributed by atoms with van der Waals surface area (Å²) in [4.78, 5) is 25.6. The first-order valence-corrected chi connectivity index (χ1v) is 8.92. The number of carbonyl (C=O) groups is 1. The maximum Gasteiger partial charge on any atom is 0.274 e. The summed E-state index contributed by atoms with van der Waals surface area (Å²) in [7, 11) is 0. The molecule has 0 fully saturated rings. The van der Waals surface area contributed by atoms with Gasteiger partial charge in [-0.25, -0.2) is 9.97 Å². The molecule has 1 aromatic carbocycles. The smallest absolute Gasteiger partial charge is 0.274 e. The van der Waals surface area contributed by atoms with Crippen molar-refractivity contribution in [2.24, 2.45) is 0 Å². The van der Waals surface area contributed by atoms with Crippen LogP contribution < -0.4 is 10.6 Å². The third kappa shape index (κ3) is 4.88. The minimum atomic E-state index is -0.255. The first kappa shape index (κ1) is 18.5. The zero-order chi connectivity index (χ0) is 19.2. The van der Waals surface area contributed by atoms with Crippen LogP contribution in [-0.4, -0.2) is 20.9 Å². The third-order valence-corrected chi connectivity index (χ3v) is 4.08. The van der Waals surface area contributed by atoms with Gasteiger partial charge in [0.05, 0.1) is 12.2 Å². The number of para-hydroxylation sites is 1. The normalized spacial score (nSPS) is 10.7. The summed E-state index contributed by atoms with van der Waals surface area (Å²) >= 11 is 0. The van der Waals surface area contributed by atoms with Crippen LogP contribution in [0.5, 0.6) is 0 Å². The van der Waals surface area contributed by atoms with Gasteiger partial charge in [-0.15, -0.1) is 0 Å². The predicted molar refractivity (Wildman–Crippen MR) is 107 cm³/mol. The summed E-state index contributed by atoms with van der Waals surface area (Å²) in [5, 5.41) is 6.16. The van der Waals surface area contributed by atoms with Gasteiger partial charge in [-0.1, -0.05) is 38.1 Å². The van der Waals surface area contributed by atoms with Gasteiger partial charge in [0.2, 0.25) is 0 Å². The third-order valence-electron chi connectivity index (χ3n) is 4.08. The molecule has 0 saturated heterocycles. The van der Waals surface area contributed by atoms with Crippen LogP contribution in [0.4, 0.5) is 11.5 Å². The fourth-order valence-electron chi connectivity index (χ4n) is 2.76. The Bertz CT molecular complexity index is 925. The Morgan fingerprint density at radius 2 is 1.85 bits per heavy atom. The maximum atomic E-state index is 12.7. The predicted octanol–water partition coefficient (Wildman–Crippen LogP) is 4.17. The number of aryl methyl sites for hydroxylation is 1. The number of benzene rings is 1. The molecule has 6 heteroatoms. The second-order valence-electron chi connectivity index (χ2n) is 6.56. The number of nitrogens with one attached hydrogen (secondary N) is 2. The number of anilines is 2. The van der Waals surface area contributed by atoms with E-state index in [1.807, 2.05) is 42.5 Å². The number of pyridine rings is 1. The molecule has 0 saturated carbocycles. The van der Waals surface area contributed by atoms with Crippen molar-refractivity contribution in [3.05, 3.63) is 77.5 Å². The van der Waals surface area contributed by atoms with Crippen LogP contribution in [-0.2, 0) is 6.54 Å². The molecular weight excluding hydrogens is 338 g/mol. The molecular formula is C21H23N5O. The van der Waals surface area contributed by atoms with Gasteiger partial charge in [-0.05, 0) is 36.6 Å². The molecule has 0 aliphatic rings. The van der Waals surface area contributed by atoms with E-state index in [0.29, 0.717) is 29.8 Å². The molecule has 138 valence electrons. The van der Waals surface area contributed by atoms with E-state index in [2.05, 4.69) is 39.4 Å². The molecule has 0 unspecified atom stereocenters. The number of nitrogens with zero attached hydrogens (tertiary/aromatic N) is 3. The SMILES string of the molecule is Cc1nc(NCc2ccccn2)cc(C(=O)Nc2ccccc2C(C)C)n1. The Labute approximate surface area is 159 Å². The van der Waals surface area contributed by atoms with Crippen molar-refractivity contribution in [1.82, 2.24) is 15.0 Å². The molecule has 0 aliphatic heterocycles. The van der Waals surface area contributed by atoms with Gasteiger partial charge < -0.3 is 10.6 Å². The Kier molecular flexibility index (Phi) is 5.76. The van der Waals surface area contributed by atoms with Crippen LogP contribution in [0.15, 0.2) is 54.7 Å². The second kappa shape index (κ2) is 8.40. The summed E-state index contributed by atoms with van der Waals surface area (Å²) < 4.78 is 0. The molecule has 2 aromatic heterocycles. The van der Waals surface area contributed by atoms with Crippen molar-refractivity contribution in [2.75, 3.05) is 10.6 Å². The topological polar surface area (TPSA) is 79.8 Å². The fraction of sp³-hybridized carbons (Fsp3) is 0.238. The van der Waals surface area contributed by atoms with Crippen molar-refractivity contribution in [3.8, 4) is 0 Å². The monoisotopic (exact) mass is 361 g/mol. The lowest BCUT2D eigenvalue weighted by molar-refractivity contribution is 0.102. The highest BCUT2D eigenvalue weighted by molar-refractivity contribution is 6.03. The van der Waals surface area contributed by atoms with Crippen molar-refractivity contribution in [1.29, 1.82) is 0 Å². The Hall–Kier alpha value is -3.28. The summed E-state index contributed by atoms with van der Waals surface area (Å²) in [5.41, 5.74) is 3.11. The Balaban J connectivity index is 1.76. The fourth-order valence-corrected chi connectivity index (χ4v) is 2.76. The highest BCUT2D eigenvalue weighted by Gasteiger charge is 2.14. The zero-order valence-corrected chi connectivity index (χ0v) is 15.7. The molecule has 1 amide bonds. The van der Waals surface area contributed by atoms with Gasteiger partial charge in [0, 0.05) is 18.0 Å². The van der Waals surface area contributed by atoms with Gasteiger partial charge >= 0.3 is 0 Å². The lowest BCUT2D eigenvalue weighted by Crippen LogP contribution is -2.17. The van der Waals surface area contributed by atoms with Gasteiger partial charge in [-0.3, -0.25) is 9.78 Å². The van der Waals surface area contributed by atoms with E-state index in [1.54, 1.807) is 19.2 Å². The van der Waals surface area contributed by atoms with Crippen LogP contribution in [0.25, 0.3) is 0 Å². The van der Waals surface area contributed by atoms with Gasteiger partial charge in [-0.2, -0.15) is 0 Å². The van der Waals surface area contributed by atoms with Crippen LogP contribution in [0, 0.1) is 6.92 Å². The molecule has 27 heavy (non-hydrogen) atoms. The molecule has 6 nitrogen and oxygen atoms in total. The number of carbonyl (C=O) groups excluding carboxylic acids is 1. The number of aromatic nitrogens is 3. The quantitative estimate of drug-likeness (QED) is 0.689. The first-order valence-electron chi connectivity index (χ1n) is 8.92. The van der Waals surface area contributed by atoms with Gasteiger partial charge in [0.15, 0.2) is 0 Å². The van der Waals surface area contributed by atoms with E-state index in [9.17, 15) is 4.79 Å². The first-order chi connectivity index (χ1) is 13.0. The summed E-state index contributed by atoms with van der Waals surface area (Å²) in [6.07, 6.45) is 1.74. The van der Waals surface area contributed by atoms with E-state index >= 15 is 0 Å². The molecule has 0 bridgehead atoms. The van der Waals surface area contributed by atoms with Crippen LogP contribution in [0.2, 0.25) is 0 Å². The molecule has 0 atom stereocenters. The second-order valence-corrected chi connectivity index (χ2v) is 6.56. The van der Waals surface area contributed by atoms with Crippen LogP contribution in [0.3, 0.4) is 0 Å². The lowest BCUT2D eigenvalue weighted by atomic mass is 10.0. The van der Waals surface area contributed by atoms with E-state index in [-0.39, 0.29) is 5.91 Å². The van der Waals surface area contributed by atoms with E-state index in [0.717, 1.165) is 16.9 Å². The largest absolute Gasteiger partial charge is 0.364 e. The van der Waals surface area contributed by atoms with Crippen LogP contribution in [0.1, 0.15) is 47.3 Å². The van der Waals surface area contributed by atoms with E-state index in [1.165, 1.54) is 0 Å². The standard InChI is InChI=1S/C21H23N5O/c1-14(2)17-9-4-5-10-18(17)26-21(27)19-12-20(25-15(3)24-19)23-13-16-8-6-7-11-22-16/h4-12,14H,13H2,1-3H3,(H,26,27)(H,23,24,25). The van der Waals surface area contributed by atoms with Crippen molar-refractivity contribution >= 4 is 17.4 Å². The minimum Gasteiger partial charge on any atom is -0.364 e. The van der Waals surface area contributed by atoms with E-state index in [4.69, 9.17) is 0 Å². The summed E-state index contributed by atoms with van der Waals surface area (Å²) in [6.45, 7) is 6.48. The van der Waals surface area contributed by atoms with Crippen molar-refractivity contribution in [2.45, 2.75) is 33.2 Å². The van der Waals surface area contributed by atoms with Crippen LogP contribution >= 0.6 is 0 Å². The van der Waals surface area contributed by atoms with Crippen molar-refractivity contribution < 1.29 is 4.79 Å². The molecule has 2 heterocycles. The lowest BCUT2D eigenvalue weighted by Gasteiger charge is -2.14. The molecule has 0 aliphatic carbocycles. The maximum absolute atomic E-state index is 12.7. The van der Waals surface area contributed by atoms with E-state index < -0.39 is 0 Å². The zero-order valence-electron chi connectivity index (χ0n) is 15.7. The summed E-state index contributed by atoms with van der Waals surface area (Å²) in [6, 6.07) is 15.2. The molecule has 2 N–H and O–H groups in total. The Morgan fingerprint density at radius 3 is 2.59 bits per heavy atom. The Morgan fingerprint density at radius 1 is 1.07 bits per heavy atom. The number of hydrogen-bond acceptors (Lipinski definition) is 5. The number of amides is 1. The highest BCUT2D eigenvalue weighted by atomic mass is 16.1. The highest BCUT2D eigenvalue weighted by Crippen LogP contribution is 2.24. The number of hydrogen-bond donors (Lipinski definition) is 2. The molecule has 0 spiro atoms. The summed E-state index contributed by atoms with van der Waals surface area (Å²) in [5.74, 6) is 1.18. The number of rotatable bonds is 6. The average molecular weight is 361 g/mol. The molecule has 0 radical (unpaired) electrons.